The lowest BCUT2D eigenvalue weighted by atomic mass is 9.83. The number of benzene rings is 2. The summed E-state index contributed by atoms with van der Waals surface area (Å²) in [6.45, 7) is 3.29. The number of hydrogen-bond donors (Lipinski definition) is 3. The maximum atomic E-state index is 12.5. The van der Waals surface area contributed by atoms with Crippen molar-refractivity contribution >= 4 is 23.4 Å². The molecule has 152 valence electrons. The van der Waals surface area contributed by atoms with E-state index in [4.69, 9.17) is 5.73 Å². The second kappa shape index (κ2) is 8.13. The van der Waals surface area contributed by atoms with Crippen LogP contribution in [0, 0.1) is 5.92 Å². The lowest BCUT2D eigenvalue weighted by Gasteiger charge is -2.48. The van der Waals surface area contributed by atoms with E-state index in [-0.39, 0.29) is 11.9 Å². The first-order valence-corrected chi connectivity index (χ1v) is 9.98. The number of nitrogens with two attached hydrogens (primary N) is 1. The SMILES string of the molecule is Nc1ccccc1NC(=O)c1ccc(CN(C(=O)O)C2CN3CCC2CC3)cc1. The van der Waals surface area contributed by atoms with E-state index in [0.717, 1.165) is 38.0 Å². The third kappa shape index (κ3) is 4.19. The molecule has 4 N–H and O–H groups in total. The quantitative estimate of drug-likeness (QED) is 0.677. The molecule has 7 nitrogen and oxygen atoms in total. The molecule has 5 rings (SSSR count). The zero-order chi connectivity index (χ0) is 20.4. The van der Waals surface area contributed by atoms with Crippen LogP contribution in [0.4, 0.5) is 16.2 Å². The molecule has 2 aromatic rings. The van der Waals surface area contributed by atoms with Crippen molar-refractivity contribution in [2.75, 3.05) is 30.7 Å². The zero-order valence-corrected chi connectivity index (χ0v) is 16.3. The van der Waals surface area contributed by atoms with Gasteiger partial charge < -0.3 is 21.1 Å². The van der Waals surface area contributed by atoms with E-state index < -0.39 is 6.09 Å². The fourth-order valence-electron chi connectivity index (χ4n) is 4.38. The Balaban J connectivity index is 1.43. The number of hydrogen-bond acceptors (Lipinski definition) is 4. The molecule has 3 aliphatic heterocycles. The summed E-state index contributed by atoms with van der Waals surface area (Å²) in [4.78, 5) is 28.3. The van der Waals surface area contributed by atoms with Gasteiger partial charge in [-0.2, -0.15) is 0 Å². The van der Waals surface area contributed by atoms with Gasteiger partial charge in [-0.25, -0.2) is 4.79 Å². The minimum atomic E-state index is -0.884. The highest BCUT2D eigenvalue weighted by Gasteiger charge is 2.39. The molecule has 7 heteroatoms. The van der Waals surface area contributed by atoms with Crippen LogP contribution >= 0.6 is 0 Å². The number of carboxylic acid groups (broad SMARTS) is 1. The Kier molecular flexibility index (Phi) is 5.40. The Morgan fingerprint density at radius 1 is 1.10 bits per heavy atom. The van der Waals surface area contributed by atoms with Gasteiger partial charge in [-0.1, -0.05) is 24.3 Å². The van der Waals surface area contributed by atoms with Crippen LogP contribution in [0.1, 0.15) is 28.8 Å². The van der Waals surface area contributed by atoms with Gasteiger partial charge >= 0.3 is 6.09 Å². The summed E-state index contributed by atoms with van der Waals surface area (Å²) in [6.07, 6.45) is 1.25. The molecule has 2 bridgehead atoms. The van der Waals surface area contributed by atoms with Crippen LogP contribution in [0.5, 0.6) is 0 Å². The standard InChI is InChI=1S/C22H26N4O3/c23-18-3-1-2-4-19(18)24-21(27)17-7-5-15(6-8-17)13-26(22(28)29)20-14-25-11-9-16(20)10-12-25/h1-8,16,20H,9-14,23H2,(H,24,27)(H,28,29). The van der Waals surface area contributed by atoms with Gasteiger partial charge in [-0.15, -0.1) is 0 Å². The van der Waals surface area contributed by atoms with Gasteiger partial charge in [0.25, 0.3) is 5.91 Å². The smallest absolute Gasteiger partial charge is 0.407 e. The number of nitrogens with one attached hydrogen (secondary N) is 1. The van der Waals surface area contributed by atoms with E-state index in [2.05, 4.69) is 10.2 Å². The van der Waals surface area contributed by atoms with Crippen molar-refractivity contribution in [1.82, 2.24) is 9.80 Å². The van der Waals surface area contributed by atoms with Gasteiger partial charge in [0.2, 0.25) is 0 Å². The van der Waals surface area contributed by atoms with Crippen LogP contribution in [0.3, 0.4) is 0 Å². The zero-order valence-electron chi connectivity index (χ0n) is 16.3. The monoisotopic (exact) mass is 394 g/mol. The van der Waals surface area contributed by atoms with Gasteiger partial charge in [0.05, 0.1) is 17.4 Å². The molecule has 0 radical (unpaired) electrons. The average molecular weight is 394 g/mol. The van der Waals surface area contributed by atoms with Crippen molar-refractivity contribution in [2.45, 2.75) is 25.4 Å². The van der Waals surface area contributed by atoms with Crippen molar-refractivity contribution < 1.29 is 14.7 Å². The number of carbonyl (C=O) groups excluding carboxylic acids is 1. The number of carbonyl (C=O) groups is 2. The highest BCUT2D eigenvalue weighted by molar-refractivity contribution is 6.05. The van der Waals surface area contributed by atoms with Gasteiger partial charge in [0, 0.05) is 18.7 Å². The first-order valence-electron chi connectivity index (χ1n) is 9.98. The Labute approximate surface area is 170 Å². The predicted molar refractivity (Wildman–Crippen MR) is 112 cm³/mol. The summed E-state index contributed by atoms with van der Waals surface area (Å²) < 4.78 is 0. The molecular formula is C22H26N4O3. The number of nitrogen functional groups attached to an aromatic ring is 1. The van der Waals surface area contributed by atoms with Crippen molar-refractivity contribution in [1.29, 1.82) is 0 Å². The van der Waals surface area contributed by atoms with Crippen molar-refractivity contribution in [2.24, 2.45) is 5.92 Å². The first-order chi connectivity index (χ1) is 14.0. The fraction of sp³-hybridized carbons (Fsp3) is 0.364. The van der Waals surface area contributed by atoms with Crippen LogP contribution in [0.2, 0.25) is 0 Å². The number of anilines is 2. The van der Waals surface area contributed by atoms with Gasteiger partial charge in [-0.3, -0.25) is 9.69 Å². The molecule has 3 saturated heterocycles. The number of nitrogens with zero attached hydrogens (tertiary/aromatic N) is 2. The number of fused-ring (bicyclic) bond motifs is 3. The summed E-state index contributed by atoms with van der Waals surface area (Å²) in [5.41, 5.74) is 8.32. The summed E-state index contributed by atoms with van der Waals surface area (Å²) in [7, 11) is 0. The molecule has 1 unspecified atom stereocenters. The van der Waals surface area contributed by atoms with Crippen LogP contribution in [0.25, 0.3) is 0 Å². The van der Waals surface area contributed by atoms with Crippen LogP contribution in [-0.4, -0.2) is 52.6 Å². The predicted octanol–water partition coefficient (Wildman–Crippen LogP) is 3.10. The summed E-state index contributed by atoms with van der Waals surface area (Å²) >= 11 is 0. The average Bonchev–Trinajstić information content (AvgIpc) is 2.74. The molecule has 2 aromatic carbocycles. The second-order valence-electron chi connectivity index (χ2n) is 7.85. The van der Waals surface area contributed by atoms with Crippen molar-refractivity contribution in [3.8, 4) is 0 Å². The molecule has 0 saturated carbocycles. The first kappa shape index (κ1) is 19.3. The van der Waals surface area contributed by atoms with Gasteiger partial charge in [0.15, 0.2) is 0 Å². The third-order valence-corrected chi connectivity index (χ3v) is 6.05. The second-order valence-corrected chi connectivity index (χ2v) is 7.85. The maximum Gasteiger partial charge on any atom is 0.407 e. The van der Waals surface area contributed by atoms with Crippen molar-refractivity contribution in [3.05, 3.63) is 59.7 Å². The van der Waals surface area contributed by atoms with Gasteiger partial charge in [-0.05, 0) is 61.7 Å². The van der Waals surface area contributed by atoms with Crippen LogP contribution < -0.4 is 11.1 Å². The third-order valence-electron chi connectivity index (χ3n) is 6.05. The Morgan fingerprint density at radius 3 is 2.38 bits per heavy atom. The lowest BCUT2D eigenvalue weighted by Crippen LogP contribution is -2.58. The molecule has 2 amide bonds. The molecule has 0 spiro atoms. The highest BCUT2D eigenvalue weighted by atomic mass is 16.4. The molecule has 1 atom stereocenters. The molecule has 3 fully saturated rings. The van der Waals surface area contributed by atoms with Crippen molar-refractivity contribution in [3.63, 3.8) is 0 Å². The topological polar surface area (TPSA) is 98.9 Å². The van der Waals surface area contributed by atoms with E-state index in [0.29, 0.717) is 29.4 Å². The summed E-state index contributed by atoms with van der Waals surface area (Å²) in [5, 5.41) is 12.6. The van der Waals surface area contributed by atoms with E-state index in [9.17, 15) is 14.7 Å². The van der Waals surface area contributed by atoms with Crippen LogP contribution in [-0.2, 0) is 6.54 Å². The Morgan fingerprint density at radius 2 is 1.79 bits per heavy atom. The van der Waals surface area contributed by atoms with E-state index >= 15 is 0 Å². The Hall–Kier alpha value is -3.06. The van der Waals surface area contributed by atoms with E-state index in [1.807, 2.05) is 24.3 Å². The molecule has 29 heavy (non-hydrogen) atoms. The molecular weight excluding hydrogens is 368 g/mol. The van der Waals surface area contributed by atoms with E-state index in [1.165, 1.54) is 0 Å². The number of amides is 2. The molecule has 3 aliphatic rings. The number of piperidine rings is 3. The number of rotatable bonds is 5. The largest absolute Gasteiger partial charge is 0.465 e. The summed E-state index contributed by atoms with van der Waals surface area (Å²) in [6, 6.07) is 14.2. The normalized spacial score (nSPS) is 22.8. The fourth-order valence-corrected chi connectivity index (χ4v) is 4.38. The number of para-hydroxylation sites is 2. The molecule has 0 aromatic heterocycles. The maximum absolute atomic E-state index is 12.5. The molecule has 3 heterocycles. The minimum Gasteiger partial charge on any atom is -0.465 e. The van der Waals surface area contributed by atoms with Gasteiger partial charge in [0.1, 0.15) is 0 Å². The highest BCUT2D eigenvalue weighted by Crippen LogP contribution is 2.31. The summed E-state index contributed by atoms with van der Waals surface area (Å²) in [5.74, 6) is 0.194. The lowest BCUT2D eigenvalue weighted by molar-refractivity contribution is 0.00733. The Bertz CT molecular complexity index is 891. The minimum absolute atomic E-state index is 0.0408. The van der Waals surface area contributed by atoms with Crippen LogP contribution in [0.15, 0.2) is 48.5 Å². The van der Waals surface area contributed by atoms with E-state index in [1.54, 1.807) is 29.2 Å². The molecule has 0 aliphatic carbocycles.